The lowest BCUT2D eigenvalue weighted by Gasteiger charge is -2.38. The molecule has 3 aliphatic heterocycles. The Morgan fingerprint density at radius 1 is 0.860 bits per heavy atom. The van der Waals surface area contributed by atoms with E-state index in [1.54, 1.807) is 0 Å². The molecule has 0 aromatic heterocycles. The first kappa shape index (κ1) is 27.0. The Kier molecular flexibility index (Phi) is 6.38. The van der Waals surface area contributed by atoms with E-state index in [4.69, 9.17) is 0 Å². The van der Waals surface area contributed by atoms with Crippen molar-refractivity contribution in [2.45, 2.75) is 37.8 Å². The summed E-state index contributed by atoms with van der Waals surface area (Å²) < 4.78 is 13.9. The average Bonchev–Trinajstić information content (AvgIpc) is 3.49. The number of amides is 1. The predicted molar refractivity (Wildman–Crippen MR) is 164 cm³/mol. The van der Waals surface area contributed by atoms with Gasteiger partial charge in [-0.3, -0.25) is 14.4 Å². The molecule has 4 atom stereocenters. The van der Waals surface area contributed by atoms with Gasteiger partial charge >= 0.3 is 0 Å². The number of para-hydroxylation sites is 1. The number of fused-ring (bicyclic) bond motifs is 6. The van der Waals surface area contributed by atoms with E-state index >= 15 is 0 Å². The molecule has 6 heteroatoms. The summed E-state index contributed by atoms with van der Waals surface area (Å²) in [6.07, 6.45) is 4.64. The summed E-state index contributed by atoms with van der Waals surface area (Å²) in [7, 11) is 0. The molecule has 1 fully saturated rings. The zero-order valence-electron chi connectivity index (χ0n) is 24.0. The minimum atomic E-state index is -1.40. The number of hydrogen-bond donors (Lipinski definition) is 1. The molecular weight excluding hydrogens is 539 g/mol. The van der Waals surface area contributed by atoms with Gasteiger partial charge in [0.15, 0.2) is 11.6 Å². The van der Waals surface area contributed by atoms with Gasteiger partial charge in [0.05, 0.1) is 12.0 Å². The van der Waals surface area contributed by atoms with Crippen molar-refractivity contribution in [1.82, 2.24) is 4.90 Å². The molecule has 1 spiro atoms. The maximum atomic E-state index is 14.9. The summed E-state index contributed by atoms with van der Waals surface area (Å²) in [6.45, 7) is 4.29. The van der Waals surface area contributed by atoms with Gasteiger partial charge in [0.25, 0.3) is 0 Å². The topological polar surface area (TPSA) is 66.5 Å². The number of Topliss-reactive ketones (excluding diaryl/α,β-unsaturated/α-hetero) is 2. The number of carbonyl (C=O) groups is 3. The molecule has 0 bridgehead atoms. The number of carbonyl (C=O) groups excluding carboxylic acids is 3. The number of hydrogen-bond acceptors (Lipinski definition) is 4. The molecule has 43 heavy (non-hydrogen) atoms. The van der Waals surface area contributed by atoms with E-state index in [0.717, 1.165) is 23.1 Å². The van der Waals surface area contributed by atoms with Crippen LogP contribution in [-0.2, 0) is 16.6 Å². The zero-order valence-corrected chi connectivity index (χ0v) is 24.0. The standard InChI is InChI=1S/C37H31FN2O3/c1-22(2)21-23-11-13-25(14-12-23)33(41)31-32(34(42)26-15-17-27(38)18-16-26)40-20-19-24-7-3-4-8-28(24)35(40)37(31)29-9-5-6-10-30(29)39-36(37)43/h3-20,22,31-32,35H,21H2,1-2H3,(H,39,43)/t31-,32+,35-,37-/m0/s1. The third kappa shape index (κ3) is 4.08. The molecular formula is C37H31FN2O3. The fraction of sp³-hybridized carbons (Fsp3) is 0.216. The first-order valence-electron chi connectivity index (χ1n) is 14.7. The molecule has 7 rings (SSSR count). The van der Waals surface area contributed by atoms with Gasteiger partial charge in [0, 0.05) is 23.0 Å². The normalized spacial score (nSPS) is 23.2. The molecule has 4 aromatic rings. The van der Waals surface area contributed by atoms with Gasteiger partial charge in [0.1, 0.15) is 17.3 Å². The third-order valence-corrected chi connectivity index (χ3v) is 9.13. The Bertz CT molecular complexity index is 1790. The van der Waals surface area contributed by atoms with Crippen molar-refractivity contribution in [1.29, 1.82) is 0 Å². The van der Waals surface area contributed by atoms with E-state index in [9.17, 15) is 18.8 Å². The largest absolute Gasteiger partial charge is 0.358 e. The number of ketones is 2. The molecule has 5 nitrogen and oxygen atoms in total. The highest BCUT2D eigenvalue weighted by atomic mass is 19.1. The number of nitrogens with zero attached hydrogens (tertiary/aromatic N) is 1. The van der Waals surface area contributed by atoms with Gasteiger partial charge in [-0.2, -0.15) is 0 Å². The van der Waals surface area contributed by atoms with E-state index in [2.05, 4.69) is 19.2 Å². The van der Waals surface area contributed by atoms with E-state index in [1.807, 2.05) is 90.0 Å². The van der Waals surface area contributed by atoms with Crippen LogP contribution in [0.25, 0.3) is 6.08 Å². The Balaban J connectivity index is 1.48. The summed E-state index contributed by atoms with van der Waals surface area (Å²) in [6, 6.07) is 26.6. The van der Waals surface area contributed by atoms with Crippen LogP contribution >= 0.6 is 0 Å². The van der Waals surface area contributed by atoms with E-state index < -0.39 is 29.2 Å². The Morgan fingerprint density at radius 3 is 2.26 bits per heavy atom. The fourth-order valence-electron chi connectivity index (χ4n) is 7.41. The maximum Gasteiger partial charge on any atom is 0.238 e. The Labute approximate surface area is 250 Å². The minimum Gasteiger partial charge on any atom is -0.358 e. The molecule has 0 aliphatic carbocycles. The van der Waals surface area contributed by atoms with E-state index in [1.165, 1.54) is 24.3 Å². The summed E-state index contributed by atoms with van der Waals surface area (Å²) >= 11 is 0. The van der Waals surface area contributed by atoms with Gasteiger partial charge in [-0.05, 0) is 71.0 Å². The van der Waals surface area contributed by atoms with Crippen molar-refractivity contribution in [2.75, 3.05) is 5.32 Å². The zero-order chi connectivity index (χ0) is 29.9. The van der Waals surface area contributed by atoms with Crippen LogP contribution in [0, 0.1) is 17.7 Å². The number of anilines is 1. The predicted octanol–water partition coefficient (Wildman–Crippen LogP) is 7.01. The van der Waals surface area contributed by atoms with Crippen LogP contribution in [0.1, 0.15) is 62.9 Å². The molecule has 1 N–H and O–H groups in total. The Morgan fingerprint density at radius 2 is 1.51 bits per heavy atom. The highest BCUT2D eigenvalue weighted by Crippen LogP contribution is 2.62. The second-order valence-electron chi connectivity index (χ2n) is 12.1. The second kappa shape index (κ2) is 10.2. The monoisotopic (exact) mass is 570 g/mol. The lowest BCUT2D eigenvalue weighted by molar-refractivity contribution is -0.122. The van der Waals surface area contributed by atoms with Gasteiger partial charge in [-0.1, -0.05) is 80.6 Å². The van der Waals surface area contributed by atoms with Crippen molar-refractivity contribution in [3.63, 3.8) is 0 Å². The van der Waals surface area contributed by atoms with Crippen LogP contribution in [0.15, 0.2) is 103 Å². The second-order valence-corrected chi connectivity index (χ2v) is 12.1. The van der Waals surface area contributed by atoms with Crippen LogP contribution in [-0.4, -0.2) is 28.4 Å². The third-order valence-electron chi connectivity index (χ3n) is 9.13. The molecule has 0 unspecified atom stereocenters. The van der Waals surface area contributed by atoms with Crippen molar-refractivity contribution in [3.8, 4) is 0 Å². The molecule has 1 saturated heterocycles. The van der Waals surface area contributed by atoms with Gasteiger partial charge in [-0.15, -0.1) is 0 Å². The first-order chi connectivity index (χ1) is 20.8. The van der Waals surface area contributed by atoms with E-state index in [-0.39, 0.29) is 23.0 Å². The number of benzene rings is 4. The molecule has 3 aliphatic rings. The Hall–Kier alpha value is -4.84. The summed E-state index contributed by atoms with van der Waals surface area (Å²) in [5.41, 5.74) is 3.59. The molecule has 1 amide bonds. The molecule has 214 valence electrons. The number of nitrogens with one attached hydrogen (secondary N) is 1. The summed E-state index contributed by atoms with van der Waals surface area (Å²) in [5, 5.41) is 3.06. The molecule has 4 aromatic carbocycles. The fourth-order valence-corrected chi connectivity index (χ4v) is 7.41. The van der Waals surface area contributed by atoms with Gasteiger partial charge in [-0.25, -0.2) is 4.39 Å². The number of rotatable bonds is 6. The van der Waals surface area contributed by atoms with Gasteiger partial charge in [0.2, 0.25) is 5.91 Å². The van der Waals surface area contributed by atoms with Crippen molar-refractivity contribution in [2.24, 2.45) is 11.8 Å². The average molecular weight is 571 g/mol. The lowest BCUT2D eigenvalue weighted by Crippen LogP contribution is -2.49. The van der Waals surface area contributed by atoms with Crippen LogP contribution in [0.4, 0.5) is 10.1 Å². The summed E-state index contributed by atoms with van der Waals surface area (Å²) in [4.78, 5) is 45.8. The SMILES string of the molecule is CC(C)Cc1ccc(C(=O)[C@@H]2[C@H](C(=O)c3ccc(F)cc3)N3C=Cc4ccccc4[C@H]3[C@@]23C(=O)Nc2ccccc23)cc1. The van der Waals surface area contributed by atoms with Crippen LogP contribution in [0.3, 0.4) is 0 Å². The van der Waals surface area contributed by atoms with Crippen LogP contribution in [0.5, 0.6) is 0 Å². The van der Waals surface area contributed by atoms with E-state index in [0.29, 0.717) is 22.7 Å². The highest BCUT2D eigenvalue weighted by molar-refractivity contribution is 6.16. The smallest absolute Gasteiger partial charge is 0.238 e. The van der Waals surface area contributed by atoms with Crippen LogP contribution < -0.4 is 5.32 Å². The quantitative estimate of drug-likeness (QED) is 0.254. The maximum absolute atomic E-state index is 14.9. The van der Waals surface area contributed by atoms with Gasteiger partial charge < -0.3 is 10.2 Å². The minimum absolute atomic E-state index is 0.274. The van der Waals surface area contributed by atoms with Crippen molar-refractivity contribution < 1.29 is 18.8 Å². The highest BCUT2D eigenvalue weighted by Gasteiger charge is 2.70. The molecule has 3 heterocycles. The molecule has 0 radical (unpaired) electrons. The molecule has 0 saturated carbocycles. The summed E-state index contributed by atoms with van der Waals surface area (Å²) in [5.74, 6) is -1.98. The first-order valence-corrected chi connectivity index (χ1v) is 14.7. The van der Waals surface area contributed by atoms with Crippen molar-refractivity contribution >= 4 is 29.2 Å². The number of halogens is 1. The van der Waals surface area contributed by atoms with Crippen molar-refractivity contribution in [3.05, 3.63) is 142 Å². The lowest BCUT2D eigenvalue weighted by atomic mass is 9.62. The van der Waals surface area contributed by atoms with Crippen LogP contribution in [0.2, 0.25) is 0 Å².